The van der Waals surface area contributed by atoms with E-state index in [0.29, 0.717) is 15.2 Å². The van der Waals surface area contributed by atoms with Crippen molar-refractivity contribution in [3.8, 4) is 5.75 Å². The molecule has 31 heavy (non-hydrogen) atoms. The first-order chi connectivity index (χ1) is 14.8. The zero-order chi connectivity index (χ0) is 22.4. The molecule has 0 spiro atoms. The quantitative estimate of drug-likeness (QED) is 0.354. The summed E-state index contributed by atoms with van der Waals surface area (Å²) in [6.45, 7) is 10.6. The molecule has 0 radical (unpaired) electrons. The molecule has 0 aliphatic rings. The summed E-state index contributed by atoms with van der Waals surface area (Å²) in [7, 11) is 4.96. The maximum Gasteiger partial charge on any atom is 0.123 e. The van der Waals surface area contributed by atoms with Crippen LogP contribution in [0, 0.1) is 13.8 Å². The lowest BCUT2D eigenvalue weighted by atomic mass is 9.95. The molecule has 3 heteroatoms. The van der Waals surface area contributed by atoms with E-state index in [1.165, 1.54) is 33.1 Å². The Morgan fingerprint density at radius 3 is 2.26 bits per heavy atom. The number of benzene rings is 3. The van der Waals surface area contributed by atoms with Gasteiger partial charge >= 0.3 is 0 Å². The van der Waals surface area contributed by atoms with Gasteiger partial charge in [-0.25, -0.2) is 0 Å². The molecule has 2 nitrogen and oxygen atoms in total. The molecular formula is C28H36NOP. The second-order valence-corrected chi connectivity index (χ2v) is 10.9. The summed E-state index contributed by atoms with van der Waals surface area (Å²) in [5, 5.41) is 1.48. The number of rotatable bonds is 9. The number of hydrogen-bond acceptors (Lipinski definition) is 2. The molecule has 0 saturated heterocycles. The van der Waals surface area contributed by atoms with Crippen LogP contribution in [0.2, 0.25) is 0 Å². The Morgan fingerprint density at radius 2 is 1.58 bits per heavy atom. The van der Waals surface area contributed by atoms with Gasteiger partial charge in [0.05, 0.1) is 0 Å². The molecule has 0 amide bonds. The van der Waals surface area contributed by atoms with Gasteiger partial charge in [-0.2, -0.15) is 0 Å². The fourth-order valence-corrected chi connectivity index (χ4v) is 5.48. The molecule has 0 saturated carbocycles. The van der Waals surface area contributed by atoms with Crippen LogP contribution in [0.5, 0.6) is 5.75 Å². The van der Waals surface area contributed by atoms with Crippen molar-refractivity contribution in [3.05, 3.63) is 94.5 Å². The standard InChI is InChI=1S/C28H36NOP/c1-7-28(4,31-27-16-14-21(2)17-24(27)19-29(5)6)25-18-22(3)13-15-26(25)30-20-23-11-9-8-10-12-23/h8-18,31H,7,19-20H2,1-6H3. The van der Waals surface area contributed by atoms with Gasteiger partial charge in [0.1, 0.15) is 12.4 Å². The average Bonchev–Trinajstić information content (AvgIpc) is 2.75. The van der Waals surface area contributed by atoms with Crippen LogP contribution in [0.25, 0.3) is 0 Å². The van der Waals surface area contributed by atoms with Crippen LogP contribution < -0.4 is 10.0 Å². The zero-order valence-corrected chi connectivity index (χ0v) is 20.8. The van der Waals surface area contributed by atoms with Crippen molar-refractivity contribution < 1.29 is 4.74 Å². The fourth-order valence-electron chi connectivity index (χ4n) is 3.90. The predicted octanol–water partition coefficient (Wildman–Crippen LogP) is 6.57. The SMILES string of the molecule is CCC(C)(Pc1ccc(C)cc1CN(C)C)c1cc(C)ccc1OCc1ccccc1. The van der Waals surface area contributed by atoms with Crippen LogP contribution >= 0.6 is 8.58 Å². The molecular weight excluding hydrogens is 397 g/mol. The van der Waals surface area contributed by atoms with E-state index in [0.717, 1.165) is 18.7 Å². The van der Waals surface area contributed by atoms with Crippen molar-refractivity contribution in [1.29, 1.82) is 0 Å². The Morgan fingerprint density at radius 1 is 0.903 bits per heavy atom. The molecule has 0 fully saturated rings. The number of aryl methyl sites for hydroxylation is 2. The average molecular weight is 434 g/mol. The van der Waals surface area contributed by atoms with Crippen LogP contribution in [0.4, 0.5) is 0 Å². The number of ether oxygens (including phenoxy) is 1. The van der Waals surface area contributed by atoms with Crippen molar-refractivity contribution in [2.24, 2.45) is 0 Å². The maximum absolute atomic E-state index is 6.37. The number of hydrogen-bond donors (Lipinski definition) is 0. The molecule has 0 aromatic heterocycles. The first-order valence-corrected chi connectivity index (χ1v) is 12.1. The molecule has 2 atom stereocenters. The summed E-state index contributed by atoms with van der Waals surface area (Å²) in [6.07, 6.45) is 1.06. The molecule has 0 heterocycles. The van der Waals surface area contributed by atoms with Gasteiger partial charge in [0.2, 0.25) is 0 Å². The minimum absolute atomic E-state index is 0.0222. The normalized spacial score (nSPS) is 13.6. The topological polar surface area (TPSA) is 12.5 Å². The Labute approximate surface area is 190 Å². The Balaban J connectivity index is 1.94. The van der Waals surface area contributed by atoms with Crippen LogP contribution in [0.3, 0.4) is 0 Å². The van der Waals surface area contributed by atoms with Crippen LogP contribution in [0.15, 0.2) is 66.7 Å². The highest BCUT2D eigenvalue weighted by Crippen LogP contribution is 2.48. The van der Waals surface area contributed by atoms with E-state index in [4.69, 9.17) is 4.74 Å². The first-order valence-electron chi connectivity index (χ1n) is 11.1. The van der Waals surface area contributed by atoms with E-state index in [1.54, 1.807) is 0 Å². The van der Waals surface area contributed by atoms with Crippen molar-refractivity contribution in [2.75, 3.05) is 14.1 Å². The second-order valence-electron chi connectivity index (χ2n) is 8.98. The van der Waals surface area contributed by atoms with Crippen molar-refractivity contribution in [3.63, 3.8) is 0 Å². The Bertz CT molecular complexity index is 999. The van der Waals surface area contributed by atoms with Crippen molar-refractivity contribution >= 4 is 13.9 Å². The lowest BCUT2D eigenvalue weighted by Gasteiger charge is -2.32. The molecule has 3 rings (SSSR count). The minimum Gasteiger partial charge on any atom is -0.489 e. The van der Waals surface area contributed by atoms with Gasteiger partial charge in [0, 0.05) is 17.3 Å². The van der Waals surface area contributed by atoms with E-state index in [2.05, 4.69) is 107 Å². The monoisotopic (exact) mass is 433 g/mol. The van der Waals surface area contributed by atoms with Gasteiger partial charge in [0.25, 0.3) is 0 Å². The van der Waals surface area contributed by atoms with E-state index >= 15 is 0 Å². The van der Waals surface area contributed by atoms with Gasteiger partial charge in [-0.3, -0.25) is 0 Å². The molecule has 3 aromatic carbocycles. The summed E-state index contributed by atoms with van der Waals surface area (Å²) < 4.78 is 6.37. The maximum atomic E-state index is 6.37. The van der Waals surface area contributed by atoms with E-state index in [-0.39, 0.29) is 5.16 Å². The fraction of sp³-hybridized carbons (Fsp3) is 0.357. The summed E-state index contributed by atoms with van der Waals surface area (Å²) in [5.74, 6) is 1.01. The van der Waals surface area contributed by atoms with Gasteiger partial charge in [-0.05, 0) is 56.9 Å². The van der Waals surface area contributed by atoms with Crippen LogP contribution in [-0.4, -0.2) is 19.0 Å². The molecule has 0 N–H and O–H groups in total. The molecule has 164 valence electrons. The van der Waals surface area contributed by atoms with Gasteiger partial charge in [-0.15, -0.1) is 0 Å². The summed E-state index contributed by atoms with van der Waals surface area (Å²) >= 11 is 0. The summed E-state index contributed by atoms with van der Waals surface area (Å²) in [4.78, 5) is 2.26. The highest BCUT2D eigenvalue weighted by molar-refractivity contribution is 7.48. The number of nitrogens with zero attached hydrogens (tertiary/aromatic N) is 1. The smallest absolute Gasteiger partial charge is 0.123 e. The van der Waals surface area contributed by atoms with Crippen molar-refractivity contribution in [1.82, 2.24) is 4.90 Å². The molecule has 2 unspecified atom stereocenters. The Kier molecular flexibility index (Phi) is 7.92. The van der Waals surface area contributed by atoms with Gasteiger partial charge in [0.15, 0.2) is 0 Å². The van der Waals surface area contributed by atoms with E-state index < -0.39 is 0 Å². The molecule has 0 aliphatic carbocycles. The lowest BCUT2D eigenvalue weighted by molar-refractivity contribution is 0.299. The molecule has 0 aliphatic heterocycles. The van der Waals surface area contributed by atoms with Gasteiger partial charge in [-0.1, -0.05) is 94.2 Å². The summed E-state index contributed by atoms with van der Waals surface area (Å²) in [5.41, 5.74) is 6.56. The Hall–Kier alpha value is -2.15. The minimum atomic E-state index is 0.0222. The van der Waals surface area contributed by atoms with Gasteiger partial charge < -0.3 is 9.64 Å². The third-order valence-electron chi connectivity index (χ3n) is 5.83. The third-order valence-corrected chi connectivity index (χ3v) is 7.76. The predicted molar refractivity (Wildman–Crippen MR) is 136 cm³/mol. The van der Waals surface area contributed by atoms with Crippen LogP contribution in [-0.2, 0) is 18.3 Å². The van der Waals surface area contributed by atoms with Crippen molar-refractivity contribution in [2.45, 2.75) is 52.4 Å². The third kappa shape index (κ3) is 6.19. The molecule has 0 bridgehead atoms. The van der Waals surface area contributed by atoms with E-state index in [9.17, 15) is 0 Å². The van der Waals surface area contributed by atoms with E-state index in [1.807, 2.05) is 6.07 Å². The zero-order valence-electron chi connectivity index (χ0n) is 19.8. The lowest BCUT2D eigenvalue weighted by Crippen LogP contribution is -2.23. The second kappa shape index (κ2) is 10.4. The highest BCUT2D eigenvalue weighted by Gasteiger charge is 2.29. The molecule has 3 aromatic rings. The van der Waals surface area contributed by atoms with Crippen LogP contribution in [0.1, 0.15) is 48.1 Å². The first kappa shape index (κ1) is 23.5. The highest BCUT2D eigenvalue weighted by atomic mass is 31.1. The summed E-state index contributed by atoms with van der Waals surface area (Å²) in [6, 6.07) is 24.0. The largest absolute Gasteiger partial charge is 0.489 e.